The summed E-state index contributed by atoms with van der Waals surface area (Å²) in [6, 6.07) is 7.19. The van der Waals surface area contributed by atoms with Crippen LogP contribution in [0.15, 0.2) is 53.4 Å². The summed E-state index contributed by atoms with van der Waals surface area (Å²) in [4.78, 5) is 64.2. The van der Waals surface area contributed by atoms with Gasteiger partial charge in [0.05, 0.1) is 13.2 Å². The van der Waals surface area contributed by atoms with Crippen molar-refractivity contribution >= 4 is 23.8 Å². The summed E-state index contributed by atoms with van der Waals surface area (Å²) < 4.78 is 12.0. The van der Waals surface area contributed by atoms with Crippen molar-refractivity contribution in [3.05, 3.63) is 88.2 Å². The number of ether oxygens (including phenoxy) is 2. The Balaban J connectivity index is 1.81. The summed E-state index contributed by atoms with van der Waals surface area (Å²) in [5.74, 6) is -0.362. The molecule has 0 aliphatic heterocycles. The molecule has 0 unspecified atom stereocenters. The van der Waals surface area contributed by atoms with Crippen LogP contribution in [0, 0.1) is 13.8 Å². The fraction of sp³-hybridized carbons (Fsp3) is 0.267. The van der Waals surface area contributed by atoms with E-state index in [1.54, 1.807) is 12.1 Å². The number of H-pyrrole nitrogens is 4. The number of aryl methyl sites for hydroxylation is 2. The first kappa shape index (κ1) is 31.3. The Hall–Kier alpha value is -5.66. The van der Waals surface area contributed by atoms with E-state index in [0.717, 1.165) is 47.5 Å². The molecule has 14 nitrogen and oxygen atoms in total. The molecule has 0 spiro atoms. The summed E-state index contributed by atoms with van der Waals surface area (Å²) in [5.41, 5.74) is 0.349. The SMILES string of the molecule is CCCOc1cc(-c2cc(OCCC)c(N=Cc3c(O)[nH]c(=O)[nH]c3=O)cc2C)c(C)cc1N=Cc1c(O)[nH]c(=O)[nH]c1=O. The Morgan fingerprint density at radius 1 is 0.659 bits per heavy atom. The van der Waals surface area contributed by atoms with Gasteiger partial charge < -0.3 is 19.7 Å². The number of benzene rings is 2. The summed E-state index contributed by atoms with van der Waals surface area (Å²) in [5, 5.41) is 20.1. The molecule has 6 N–H and O–H groups in total. The molecule has 0 atom stereocenters. The molecule has 44 heavy (non-hydrogen) atoms. The van der Waals surface area contributed by atoms with E-state index >= 15 is 0 Å². The van der Waals surface area contributed by atoms with E-state index < -0.39 is 34.3 Å². The molecular weight excluding hydrogens is 572 g/mol. The van der Waals surface area contributed by atoms with Crippen molar-refractivity contribution in [1.29, 1.82) is 0 Å². The maximum absolute atomic E-state index is 12.2. The average Bonchev–Trinajstić information content (AvgIpc) is 2.95. The molecule has 4 rings (SSSR count). The van der Waals surface area contributed by atoms with Gasteiger partial charge in [0.1, 0.15) is 34.0 Å². The standard InChI is InChI=1S/C30H32N6O8/c1-5-7-43-23-11-17(15(3)9-21(23)31-13-19-25(37)33-29(41)34-26(19)38)18-12-24(44-8-6-2)22(10-16(18)4)32-14-20-27(39)35-30(42)36-28(20)40/h9-14H,5-8H2,1-4H3,(H3,33,34,37,38,41)(H3,35,36,39,40,42). The highest BCUT2D eigenvalue weighted by Gasteiger charge is 2.16. The van der Waals surface area contributed by atoms with Crippen LogP contribution in [-0.4, -0.2) is 55.8 Å². The van der Waals surface area contributed by atoms with E-state index in [-0.39, 0.29) is 11.1 Å². The minimum absolute atomic E-state index is 0.213. The van der Waals surface area contributed by atoms with E-state index in [0.29, 0.717) is 36.1 Å². The fourth-order valence-electron chi connectivity index (χ4n) is 4.26. The second kappa shape index (κ2) is 13.5. The Labute approximate surface area is 249 Å². The van der Waals surface area contributed by atoms with E-state index in [4.69, 9.17) is 9.47 Å². The predicted octanol–water partition coefficient (Wildman–Crippen LogP) is 3.21. The van der Waals surface area contributed by atoms with Crippen molar-refractivity contribution < 1.29 is 19.7 Å². The van der Waals surface area contributed by atoms with Crippen molar-refractivity contribution in [1.82, 2.24) is 19.9 Å². The molecule has 0 amide bonds. The number of nitrogens with one attached hydrogen (secondary N) is 4. The second-order valence-electron chi connectivity index (χ2n) is 9.82. The molecular formula is C30H32N6O8. The van der Waals surface area contributed by atoms with Crippen LogP contribution in [0.25, 0.3) is 11.1 Å². The van der Waals surface area contributed by atoms with Crippen molar-refractivity contribution in [3.8, 4) is 34.4 Å². The Kier molecular flexibility index (Phi) is 9.63. The van der Waals surface area contributed by atoms with Gasteiger partial charge in [0, 0.05) is 12.4 Å². The van der Waals surface area contributed by atoms with Crippen LogP contribution in [0.4, 0.5) is 11.4 Å². The third-order valence-electron chi connectivity index (χ3n) is 6.41. The molecule has 4 aromatic rings. The molecule has 0 radical (unpaired) electrons. The van der Waals surface area contributed by atoms with E-state index in [1.165, 1.54) is 0 Å². The van der Waals surface area contributed by atoms with Crippen molar-refractivity contribution in [2.24, 2.45) is 9.98 Å². The van der Waals surface area contributed by atoms with Gasteiger partial charge in [-0.15, -0.1) is 0 Å². The normalized spacial score (nSPS) is 11.5. The van der Waals surface area contributed by atoms with E-state index in [1.807, 2.05) is 49.8 Å². The lowest BCUT2D eigenvalue weighted by molar-refractivity contribution is 0.318. The number of hydrogen-bond donors (Lipinski definition) is 6. The van der Waals surface area contributed by atoms with Crippen LogP contribution < -0.4 is 32.0 Å². The lowest BCUT2D eigenvalue weighted by Crippen LogP contribution is -2.24. The minimum Gasteiger partial charge on any atom is -0.494 e. The number of aromatic hydroxyl groups is 2. The van der Waals surface area contributed by atoms with Crippen LogP contribution >= 0.6 is 0 Å². The van der Waals surface area contributed by atoms with E-state index in [2.05, 4.69) is 20.0 Å². The van der Waals surface area contributed by atoms with Gasteiger partial charge in [-0.3, -0.25) is 39.5 Å². The van der Waals surface area contributed by atoms with Gasteiger partial charge in [-0.25, -0.2) is 9.59 Å². The fourth-order valence-corrected chi connectivity index (χ4v) is 4.26. The van der Waals surface area contributed by atoms with Gasteiger partial charge in [-0.1, -0.05) is 13.8 Å². The number of nitrogens with zero attached hydrogens (tertiary/aromatic N) is 2. The zero-order chi connectivity index (χ0) is 32.0. The third-order valence-corrected chi connectivity index (χ3v) is 6.41. The number of hydrogen-bond acceptors (Lipinski definition) is 10. The number of rotatable bonds is 11. The molecule has 0 aliphatic rings. The summed E-state index contributed by atoms with van der Waals surface area (Å²) in [6.07, 6.45) is 3.75. The lowest BCUT2D eigenvalue weighted by Gasteiger charge is -2.17. The molecule has 230 valence electrons. The Morgan fingerprint density at radius 3 is 1.39 bits per heavy atom. The van der Waals surface area contributed by atoms with Gasteiger partial charge in [0.15, 0.2) is 0 Å². The molecule has 0 saturated carbocycles. The topological polar surface area (TPSA) is 215 Å². The first-order valence-electron chi connectivity index (χ1n) is 13.8. The molecule has 0 aliphatic carbocycles. The molecule has 0 saturated heterocycles. The smallest absolute Gasteiger partial charge is 0.328 e. The van der Waals surface area contributed by atoms with Gasteiger partial charge in [-0.05, 0) is 73.2 Å². The molecule has 2 aromatic heterocycles. The predicted molar refractivity (Wildman–Crippen MR) is 166 cm³/mol. The van der Waals surface area contributed by atoms with Crippen LogP contribution in [0.5, 0.6) is 23.3 Å². The van der Waals surface area contributed by atoms with Crippen LogP contribution in [-0.2, 0) is 0 Å². The zero-order valence-electron chi connectivity index (χ0n) is 24.5. The number of aromatic nitrogens is 4. The molecule has 2 heterocycles. The second-order valence-corrected chi connectivity index (χ2v) is 9.82. The highest BCUT2D eigenvalue weighted by molar-refractivity contribution is 5.87. The van der Waals surface area contributed by atoms with Crippen molar-refractivity contribution in [2.75, 3.05) is 13.2 Å². The number of aliphatic imine (C=N–C) groups is 2. The largest absolute Gasteiger partial charge is 0.494 e. The molecule has 0 fully saturated rings. The highest BCUT2D eigenvalue weighted by Crippen LogP contribution is 2.41. The van der Waals surface area contributed by atoms with Crippen LogP contribution in [0.1, 0.15) is 48.9 Å². The molecule has 14 heteroatoms. The quantitative estimate of drug-likeness (QED) is 0.139. The van der Waals surface area contributed by atoms with Gasteiger partial charge in [-0.2, -0.15) is 0 Å². The highest BCUT2D eigenvalue weighted by atomic mass is 16.5. The maximum atomic E-state index is 12.2. The van der Waals surface area contributed by atoms with Gasteiger partial charge in [0.25, 0.3) is 11.1 Å². The Bertz CT molecular complexity index is 1840. The monoisotopic (exact) mass is 604 g/mol. The van der Waals surface area contributed by atoms with Crippen molar-refractivity contribution in [3.63, 3.8) is 0 Å². The third kappa shape index (κ3) is 7.03. The number of aromatic amines is 4. The summed E-state index contributed by atoms with van der Waals surface area (Å²) in [6.45, 7) is 8.46. The zero-order valence-corrected chi connectivity index (χ0v) is 24.5. The minimum atomic E-state index is -0.839. The Morgan fingerprint density at radius 2 is 1.05 bits per heavy atom. The maximum Gasteiger partial charge on any atom is 0.328 e. The summed E-state index contributed by atoms with van der Waals surface area (Å²) >= 11 is 0. The van der Waals surface area contributed by atoms with Gasteiger partial charge in [0.2, 0.25) is 11.8 Å². The van der Waals surface area contributed by atoms with Crippen LogP contribution in [0.3, 0.4) is 0 Å². The molecule has 2 aromatic carbocycles. The lowest BCUT2D eigenvalue weighted by atomic mass is 9.95. The first-order chi connectivity index (χ1) is 21.0. The average molecular weight is 605 g/mol. The first-order valence-corrected chi connectivity index (χ1v) is 13.8. The van der Waals surface area contributed by atoms with Crippen LogP contribution in [0.2, 0.25) is 0 Å². The summed E-state index contributed by atoms with van der Waals surface area (Å²) in [7, 11) is 0. The van der Waals surface area contributed by atoms with E-state index in [9.17, 15) is 29.4 Å². The van der Waals surface area contributed by atoms with Gasteiger partial charge >= 0.3 is 11.4 Å². The molecule has 0 bridgehead atoms. The van der Waals surface area contributed by atoms with Crippen molar-refractivity contribution in [2.45, 2.75) is 40.5 Å².